The predicted octanol–water partition coefficient (Wildman–Crippen LogP) is 5.37. The molecule has 3 aromatic rings. The number of hydrogen-bond acceptors (Lipinski definition) is 3. The summed E-state index contributed by atoms with van der Waals surface area (Å²) in [7, 11) is 0. The molecule has 27 heavy (non-hydrogen) atoms. The van der Waals surface area contributed by atoms with Crippen molar-refractivity contribution in [2.24, 2.45) is 0 Å². The summed E-state index contributed by atoms with van der Waals surface area (Å²) >= 11 is 0. The molecule has 136 valence electrons. The standard InChI is InChI=1S/C23H22N2O2/c1-15-13-14-25(19-10-6-5-9-18(15)19)23(26)20-21(16-11-12-16)27-22(24-20)17-7-3-2-4-8-17/h2-10,15-16H,11-14H2,1H3. The highest BCUT2D eigenvalue weighted by atomic mass is 16.4. The van der Waals surface area contributed by atoms with Gasteiger partial charge in [0.1, 0.15) is 5.76 Å². The van der Waals surface area contributed by atoms with Crippen molar-refractivity contribution in [3.05, 3.63) is 71.6 Å². The Balaban J connectivity index is 1.56. The van der Waals surface area contributed by atoms with Crippen molar-refractivity contribution in [1.82, 2.24) is 4.98 Å². The summed E-state index contributed by atoms with van der Waals surface area (Å²) in [5.41, 5.74) is 3.64. The molecular weight excluding hydrogens is 336 g/mol. The van der Waals surface area contributed by atoms with Crippen molar-refractivity contribution in [3.63, 3.8) is 0 Å². The van der Waals surface area contributed by atoms with Crippen molar-refractivity contribution >= 4 is 11.6 Å². The number of carbonyl (C=O) groups is 1. The van der Waals surface area contributed by atoms with Gasteiger partial charge in [-0.25, -0.2) is 4.98 Å². The zero-order valence-electron chi connectivity index (χ0n) is 15.4. The quantitative estimate of drug-likeness (QED) is 0.632. The van der Waals surface area contributed by atoms with E-state index in [-0.39, 0.29) is 5.91 Å². The van der Waals surface area contributed by atoms with Gasteiger partial charge in [0.2, 0.25) is 5.89 Å². The van der Waals surface area contributed by atoms with Crippen LogP contribution in [-0.2, 0) is 0 Å². The van der Waals surface area contributed by atoms with Gasteiger partial charge in [0, 0.05) is 23.7 Å². The number of para-hydroxylation sites is 1. The molecule has 0 radical (unpaired) electrons. The Kier molecular flexibility index (Phi) is 3.85. The van der Waals surface area contributed by atoms with Gasteiger partial charge in [-0.1, -0.05) is 43.3 Å². The van der Waals surface area contributed by atoms with Crippen molar-refractivity contribution in [2.75, 3.05) is 11.4 Å². The van der Waals surface area contributed by atoms with Gasteiger partial charge in [-0.3, -0.25) is 4.79 Å². The molecule has 2 aliphatic rings. The first-order chi connectivity index (χ1) is 13.2. The third-order valence-corrected chi connectivity index (χ3v) is 5.61. The first-order valence-corrected chi connectivity index (χ1v) is 9.69. The maximum absolute atomic E-state index is 13.5. The minimum absolute atomic E-state index is 0.0396. The van der Waals surface area contributed by atoms with E-state index in [0.717, 1.165) is 36.3 Å². The van der Waals surface area contributed by atoms with Crippen molar-refractivity contribution < 1.29 is 9.21 Å². The third-order valence-electron chi connectivity index (χ3n) is 5.61. The van der Waals surface area contributed by atoms with Crippen LogP contribution in [0.15, 0.2) is 59.0 Å². The summed E-state index contributed by atoms with van der Waals surface area (Å²) in [4.78, 5) is 20.0. The van der Waals surface area contributed by atoms with Crippen LogP contribution >= 0.6 is 0 Å². The highest BCUT2D eigenvalue weighted by Crippen LogP contribution is 2.44. The van der Waals surface area contributed by atoms with Crippen molar-refractivity contribution in [3.8, 4) is 11.5 Å². The Morgan fingerprint density at radius 3 is 2.56 bits per heavy atom. The van der Waals surface area contributed by atoms with Gasteiger partial charge in [0.25, 0.3) is 5.91 Å². The smallest absolute Gasteiger partial charge is 0.280 e. The van der Waals surface area contributed by atoms with Gasteiger partial charge < -0.3 is 9.32 Å². The maximum Gasteiger partial charge on any atom is 0.280 e. The van der Waals surface area contributed by atoms with E-state index >= 15 is 0 Å². The lowest BCUT2D eigenvalue weighted by Crippen LogP contribution is -2.37. The SMILES string of the molecule is CC1CCN(C(=O)c2nc(-c3ccccc3)oc2C2CC2)c2ccccc21. The van der Waals surface area contributed by atoms with Crippen LogP contribution in [0, 0.1) is 0 Å². The molecule has 0 bridgehead atoms. The molecule has 1 amide bonds. The number of hydrogen-bond donors (Lipinski definition) is 0. The Morgan fingerprint density at radius 1 is 1.04 bits per heavy atom. The zero-order valence-corrected chi connectivity index (χ0v) is 15.4. The number of carbonyl (C=O) groups excluding carboxylic acids is 1. The van der Waals surface area contributed by atoms with Gasteiger partial charge in [-0.15, -0.1) is 0 Å². The number of nitrogens with zero attached hydrogens (tertiary/aromatic N) is 2. The second kappa shape index (κ2) is 6.38. The Morgan fingerprint density at radius 2 is 1.78 bits per heavy atom. The number of amides is 1. The lowest BCUT2D eigenvalue weighted by atomic mass is 9.91. The summed E-state index contributed by atoms with van der Waals surface area (Å²) in [5, 5.41) is 0. The minimum atomic E-state index is -0.0396. The van der Waals surface area contributed by atoms with Crippen LogP contribution in [0.3, 0.4) is 0 Å². The molecule has 4 heteroatoms. The van der Waals surface area contributed by atoms with E-state index in [4.69, 9.17) is 4.42 Å². The summed E-state index contributed by atoms with van der Waals surface area (Å²) in [6, 6.07) is 18.0. The largest absolute Gasteiger partial charge is 0.440 e. The first-order valence-electron chi connectivity index (χ1n) is 9.69. The van der Waals surface area contributed by atoms with Gasteiger partial charge in [0.05, 0.1) is 0 Å². The zero-order chi connectivity index (χ0) is 18.4. The van der Waals surface area contributed by atoms with Crippen LogP contribution in [0.4, 0.5) is 5.69 Å². The average molecular weight is 358 g/mol. The Labute approximate surface area is 158 Å². The van der Waals surface area contributed by atoms with Gasteiger partial charge >= 0.3 is 0 Å². The molecule has 0 N–H and O–H groups in total. The number of aromatic nitrogens is 1. The molecule has 1 fully saturated rings. The van der Waals surface area contributed by atoms with E-state index in [1.807, 2.05) is 53.4 Å². The van der Waals surface area contributed by atoms with E-state index in [2.05, 4.69) is 18.0 Å². The van der Waals surface area contributed by atoms with Crippen LogP contribution in [0.2, 0.25) is 0 Å². The molecular formula is C23H22N2O2. The van der Waals surface area contributed by atoms with Crippen LogP contribution in [0.25, 0.3) is 11.5 Å². The van der Waals surface area contributed by atoms with Crippen LogP contribution in [-0.4, -0.2) is 17.4 Å². The summed E-state index contributed by atoms with van der Waals surface area (Å²) < 4.78 is 6.09. The third kappa shape index (κ3) is 2.85. The minimum Gasteiger partial charge on any atom is -0.440 e. The van der Waals surface area contributed by atoms with Gasteiger partial charge in [-0.2, -0.15) is 0 Å². The molecule has 1 unspecified atom stereocenters. The molecule has 2 aromatic carbocycles. The molecule has 2 heterocycles. The molecule has 1 aromatic heterocycles. The topological polar surface area (TPSA) is 46.3 Å². The number of fused-ring (bicyclic) bond motifs is 1. The van der Waals surface area contributed by atoms with E-state index in [1.54, 1.807) is 0 Å². The van der Waals surface area contributed by atoms with E-state index in [1.165, 1.54) is 5.56 Å². The summed E-state index contributed by atoms with van der Waals surface area (Å²) in [5.74, 6) is 2.05. The number of anilines is 1. The normalized spacial score (nSPS) is 19.0. The molecule has 5 rings (SSSR count). The molecule has 1 aliphatic heterocycles. The van der Waals surface area contributed by atoms with E-state index < -0.39 is 0 Å². The summed E-state index contributed by atoms with van der Waals surface area (Å²) in [6.07, 6.45) is 3.10. The Bertz CT molecular complexity index is 989. The van der Waals surface area contributed by atoms with Gasteiger partial charge in [-0.05, 0) is 48.9 Å². The monoisotopic (exact) mass is 358 g/mol. The number of oxazole rings is 1. The molecule has 1 atom stereocenters. The fraction of sp³-hybridized carbons (Fsp3) is 0.304. The maximum atomic E-state index is 13.5. The first kappa shape index (κ1) is 16.3. The number of benzene rings is 2. The average Bonchev–Trinajstić information content (AvgIpc) is 3.47. The van der Waals surface area contributed by atoms with E-state index in [9.17, 15) is 4.79 Å². The predicted molar refractivity (Wildman–Crippen MR) is 105 cm³/mol. The lowest BCUT2D eigenvalue weighted by Gasteiger charge is -2.32. The van der Waals surface area contributed by atoms with Gasteiger partial charge in [0.15, 0.2) is 5.69 Å². The fourth-order valence-corrected chi connectivity index (χ4v) is 3.90. The van der Waals surface area contributed by atoms with E-state index in [0.29, 0.717) is 30.0 Å². The van der Waals surface area contributed by atoms with Crippen molar-refractivity contribution in [2.45, 2.75) is 38.0 Å². The highest BCUT2D eigenvalue weighted by molar-refractivity contribution is 6.06. The lowest BCUT2D eigenvalue weighted by molar-refractivity contribution is 0.0978. The molecule has 1 aliphatic carbocycles. The van der Waals surface area contributed by atoms with Crippen LogP contribution < -0.4 is 4.90 Å². The second-order valence-corrected chi connectivity index (χ2v) is 7.58. The Hall–Kier alpha value is -2.88. The molecule has 4 nitrogen and oxygen atoms in total. The second-order valence-electron chi connectivity index (χ2n) is 7.58. The summed E-state index contributed by atoms with van der Waals surface area (Å²) in [6.45, 7) is 2.94. The molecule has 0 spiro atoms. The fourth-order valence-electron chi connectivity index (χ4n) is 3.90. The highest BCUT2D eigenvalue weighted by Gasteiger charge is 2.37. The van der Waals surface area contributed by atoms with Crippen molar-refractivity contribution in [1.29, 1.82) is 0 Å². The number of rotatable bonds is 3. The molecule has 0 saturated heterocycles. The van der Waals surface area contributed by atoms with Crippen LogP contribution in [0.5, 0.6) is 0 Å². The molecule has 1 saturated carbocycles. The van der Waals surface area contributed by atoms with Crippen LogP contribution in [0.1, 0.15) is 59.8 Å².